The molecule has 0 aromatic heterocycles. The molecule has 152 valence electrons. The Labute approximate surface area is 174 Å². The third-order valence-corrected chi connectivity index (χ3v) is 5.75. The third kappa shape index (κ3) is 5.50. The number of carbonyl (C=O) groups is 1. The summed E-state index contributed by atoms with van der Waals surface area (Å²) in [7, 11) is 0. The van der Waals surface area contributed by atoms with Gasteiger partial charge in [-0.3, -0.25) is 4.79 Å². The number of rotatable bonds is 6. The Hall–Kier alpha value is -1.01. The highest BCUT2D eigenvalue weighted by Gasteiger charge is 2.40. The molecule has 0 radical (unpaired) electrons. The standard InChI is InChI=1S/C20H29N3O2.2ClH/c24-20(23-15-17-13-18(23)14-21-17)16-5-7-19(8-6-16)25-12-4-11-22-9-2-1-3-10-22;;/h5-8,17-18,21H,1-4,9-15H2;2*1H. The molecular weight excluding hydrogens is 385 g/mol. The third-order valence-electron chi connectivity index (χ3n) is 5.75. The fraction of sp³-hybridized carbons (Fsp3) is 0.650. The molecular formula is C20H31Cl2N3O2. The fourth-order valence-corrected chi connectivity index (χ4v) is 4.33. The minimum Gasteiger partial charge on any atom is -0.494 e. The Morgan fingerprint density at radius 2 is 1.85 bits per heavy atom. The molecule has 3 aliphatic heterocycles. The van der Waals surface area contributed by atoms with Crippen molar-refractivity contribution in [2.75, 3.05) is 39.3 Å². The number of halogens is 2. The number of hydrogen-bond donors (Lipinski definition) is 1. The van der Waals surface area contributed by atoms with Crippen LogP contribution in [0.3, 0.4) is 0 Å². The molecule has 2 unspecified atom stereocenters. The first-order valence-corrected chi connectivity index (χ1v) is 9.79. The SMILES string of the molecule is Cl.Cl.O=C(c1ccc(OCCCN2CCCCC2)cc1)N1CC2CC1CN2. The molecule has 2 atom stereocenters. The van der Waals surface area contributed by atoms with Crippen LogP contribution >= 0.6 is 24.8 Å². The number of benzene rings is 1. The summed E-state index contributed by atoms with van der Waals surface area (Å²) in [6.07, 6.45) is 6.22. The zero-order valence-corrected chi connectivity index (χ0v) is 17.4. The largest absolute Gasteiger partial charge is 0.494 e. The smallest absolute Gasteiger partial charge is 0.254 e. The maximum absolute atomic E-state index is 12.6. The highest BCUT2D eigenvalue weighted by atomic mass is 35.5. The average molecular weight is 416 g/mol. The number of hydrogen-bond acceptors (Lipinski definition) is 4. The van der Waals surface area contributed by atoms with Crippen LogP contribution in [-0.2, 0) is 0 Å². The van der Waals surface area contributed by atoms with Crippen LogP contribution < -0.4 is 10.1 Å². The van der Waals surface area contributed by atoms with Gasteiger partial charge in [0, 0.05) is 37.3 Å². The molecule has 3 fully saturated rings. The van der Waals surface area contributed by atoms with E-state index in [1.54, 1.807) is 0 Å². The van der Waals surface area contributed by atoms with E-state index in [9.17, 15) is 4.79 Å². The normalized spacial score (nSPS) is 24.2. The maximum Gasteiger partial charge on any atom is 0.254 e. The molecule has 27 heavy (non-hydrogen) atoms. The van der Waals surface area contributed by atoms with Gasteiger partial charge in [0.05, 0.1) is 6.61 Å². The Bertz CT molecular complexity index is 593. The summed E-state index contributed by atoms with van der Waals surface area (Å²) in [5, 5.41) is 3.44. The molecule has 0 spiro atoms. The second-order valence-corrected chi connectivity index (χ2v) is 7.58. The van der Waals surface area contributed by atoms with Gasteiger partial charge < -0.3 is 19.9 Å². The molecule has 0 aliphatic carbocycles. The van der Waals surface area contributed by atoms with Crippen LogP contribution in [0.25, 0.3) is 0 Å². The second-order valence-electron chi connectivity index (χ2n) is 7.58. The Morgan fingerprint density at radius 1 is 1.11 bits per heavy atom. The maximum atomic E-state index is 12.6. The summed E-state index contributed by atoms with van der Waals surface area (Å²) in [4.78, 5) is 17.2. The van der Waals surface area contributed by atoms with E-state index in [4.69, 9.17) is 4.74 Å². The topological polar surface area (TPSA) is 44.8 Å². The molecule has 3 heterocycles. The Morgan fingerprint density at radius 3 is 2.48 bits per heavy atom. The molecule has 0 saturated carbocycles. The van der Waals surface area contributed by atoms with Crippen molar-refractivity contribution in [3.63, 3.8) is 0 Å². The van der Waals surface area contributed by atoms with Crippen LogP contribution in [0.4, 0.5) is 0 Å². The van der Waals surface area contributed by atoms with Crippen molar-refractivity contribution in [3.8, 4) is 5.75 Å². The van der Waals surface area contributed by atoms with E-state index in [0.717, 1.165) is 50.4 Å². The van der Waals surface area contributed by atoms with Crippen molar-refractivity contribution in [1.29, 1.82) is 0 Å². The lowest BCUT2D eigenvalue weighted by atomic mass is 10.1. The first kappa shape index (κ1) is 22.3. The summed E-state index contributed by atoms with van der Waals surface area (Å²) >= 11 is 0. The molecule has 1 aromatic rings. The van der Waals surface area contributed by atoms with Gasteiger partial charge in [-0.1, -0.05) is 6.42 Å². The zero-order valence-electron chi connectivity index (χ0n) is 15.8. The Balaban J connectivity index is 0.00000131. The van der Waals surface area contributed by atoms with Crippen LogP contribution in [0, 0.1) is 0 Å². The second kappa shape index (κ2) is 10.5. The molecule has 1 N–H and O–H groups in total. The number of nitrogens with one attached hydrogen (secondary N) is 1. The van der Waals surface area contributed by atoms with Crippen LogP contribution in [0.2, 0.25) is 0 Å². The van der Waals surface area contributed by atoms with Gasteiger partial charge in [0.2, 0.25) is 0 Å². The molecule has 4 rings (SSSR count). The molecule has 7 heteroatoms. The van der Waals surface area contributed by atoms with E-state index in [1.807, 2.05) is 29.2 Å². The van der Waals surface area contributed by atoms with Crippen molar-refractivity contribution in [2.24, 2.45) is 0 Å². The van der Waals surface area contributed by atoms with Crippen molar-refractivity contribution in [3.05, 3.63) is 29.8 Å². The van der Waals surface area contributed by atoms with Crippen molar-refractivity contribution in [2.45, 2.75) is 44.2 Å². The molecule has 1 amide bonds. The van der Waals surface area contributed by atoms with E-state index in [2.05, 4.69) is 10.2 Å². The number of amides is 1. The summed E-state index contributed by atoms with van der Waals surface area (Å²) in [5.74, 6) is 1.02. The minimum atomic E-state index is 0. The predicted octanol–water partition coefficient (Wildman–Crippen LogP) is 2.97. The van der Waals surface area contributed by atoms with Crippen molar-refractivity contribution in [1.82, 2.24) is 15.1 Å². The molecule has 3 saturated heterocycles. The number of fused-ring (bicyclic) bond motifs is 2. The number of piperazine rings is 1. The van der Waals surface area contributed by atoms with Gasteiger partial charge in [-0.05, 0) is 63.0 Å². The van der Waals surface area contributed by atoms with Gasteiger partial charge in [-0.15, -0.1) is 24.8 Å². The van der Waals surface area contributed by atoms with Gasteiger partial charge >= 0.3 is 0 Å². The van der Waals surface area contributed by atoms with Crippen LogP contribution in [-0.4, -0.2) is 67.1 Å². The first-order chi connectivity index (χ1) is 12.3. The Kier molecular flexibility index (Phi) is 8.67. The molecule has 3 aliphatic rings. The summed E-state index contributed by atoms with van der Waals surface area (Å²) in [6.45, 7) is 6.13. The van der Waals surface area contributed by atoms with Gasteiger partial charge in [-0.25, -0.2) is 0 Å². The lowest BCUT2D eigenvalue weighted by Crippen LogP contribution is -2.46. The summed E-state index contributed by atoms with van der Waals surface area (Å²) < 4.78 is 5.85. The van der Waals surface area contributed by atoms with Gasteiger partial charge in [0.1, 0.15) is 5.75 Å². The zero-order chi connectivity index (χ0) is 17.1. The fourth-order valence-electron chi connectivity index (χ4n) is 4.33. The van der Waals surface area contributed by atoms with Crippen LogP contribution in [0.5, 0.6) is 5.75 Å². The van der Waals surface area contributed by atoms with Gasteiger partial charge in [-0.2, -0.15) is 0 Å². The van der Waals surface area contributed by atoms with Gasteiger partial charge in [0.25, 0.3) is 5.91 Å². The number of likely N-dealkylation sites (tertiary alicyclic amines) is 2. The summed E-state index contributed by atoms with van der Waals surface area (Å²) in [5.41, 5.74) is 0.771. The quantitative estimate of drug-likeness (QED) is 0.725. The van der Waals surface area contributed by atoms with Crippen molar-refractivity contribution < 1.29 is 9.53 Å². The van der Waals surface area contributed by atoms with E-state index in [0.29, 0.717) is 12.1 Å². The number of ether oxygens (including phenoxy) is 1. The van der Waals surface area contributed by atoms with E-state index >= 15 is 0 Å². The highest BCUT2D eigenvalue weighted by Crippen LogP contribution is 2.25. The predicted molar refractivity (Wildman–Crippen MR) is 113 cm³/mol. The van der Waals surface area contributed by atoms with Crippen molar-refractivity contribution >= 4 is 30.7 Å². The average Bonchev–Trinajstić information content (AvgIpc) is 3.29. The lowest BCUT2D eigenvalue weighted by Gasteiger charge is -2.27. The molecule has 5 nitrogen and oxygen atoms in total. The highest BCUT2D eigenvalue weighted by molar-refractivity contribution is 5.95. The first-order valence-electron chi connectivity index (χ1n) is 9.79. The number of carbonyl (C=O) groups excluding carboxylic acids is 1. The number of nitrogens with zero attached hydrogens (tertiary/aromatic N) is 2. The van der Waals surface area contributed by atoms with Crippen LogP contribution in [0.1, 0.15) is 42.5 Å². The lowest BCUT2D eigenvalue weighted by molar-refractivity contribution is 0.0716. The summed E-state index contributed by atoms with van der Waals surface area (Å²) in [6, 6.07) is 8.55. The molecule has 1 aromatic carbocycles. The molecule has 2 bridgehead atoms. The number of piperidine rings is 1. The minimum absolute atomic E-state index is 0. The monoisotopic (exact) mass is 415 g/mol. The van der Waals surface area contributed by atoms with Crippen LogP contribution in [0.15, 0.2) is 24.3 Å². The van der Waals surface area contributed by atoms with Gasteiger partial charge in [0.15, 0.2) is 0 Å². The van der Waals surface area contributed by atoms with E-state index < -0.39 is 0 Å². The van der Waals surface area contributed by atoms with E-state index in [-0.39, 0.29) is 30.7 Å². The van der Waals surface area contributed by atoms with E-state index in [1.165, 1.54) is 32.4 Å².